The number of rotatable bonds is 10. The first kappa shape index (κ1) is 29.0. The van der Waals surface area contributed by atoms with E-state index in [1.807, 2.05) is 32.0 Å². The highest BCUT2D eigenvalue weighted by atomic mass is 16.6. The number of nitrogens with zero attached hydrogens (tertiary/aromatic N) is 4. The topological polar surface area (TPSA) is 139 Å². The Balaban J connectivity index is 1.63. The molecule has 0 aliphatic rings. The third kappa shape index (κ3) is 8.74. The van der Waals surface area contributed by atoms with Crippen LogP contribution in [0.1, 0.15) is 52.2 Å². The van der Waals surface area contributed by atoms with Crippen LogP contribution < -0.4 is 10.2 Å². The number of nitro groups is 1. The van der Waals surface area contributed by atoms with Gasteiger partial charge in [-0.05, 0) is 59.2 Å². The maximum atomic E-state index is 12.3. The summed E-state index contributed by atoms with van der Waals surface area (Å²) in [6.07, 6.45) is 2.08. The molecule has 0 atom stereocenters. The summed E-state index contributed by atoms with van der Waals surface area (Å²) in [5, 5.41) is 33.9. The van der Waals surface area contributed by atoms with Crippen LogP contribution in [0.5, 0.6) is 11.5 Å². The van der Waals surface area contributed by atoms with Crippen LogP contribution in [0.2, 0.25) is 0 Å². The van der Waals surface area contributed by atoms with Crippen molar-refractivity contribution >= 4 is 29.2 Å². The Morgan fingerprint density at radius 3 is 2.36 bits per heavy atom. The number of hydrogen-bond donors (Lipinski definition) is 2. The summed E-state index contributed by atoms with van der Waals surface area (Å²) in [6.45, 7) is 9.97. The Kier molecular flexibility index (Phi) is 9.13. The third-order valence-corrected chi connectivity index (χ3v) is 5.71. The summed E-state index contributed by atoms with van der Waals surface area (Å²) in [6, 6.07) is 18.6. The van der Waals surface area contributed by atoms with Crippen molar-refractivity contribution < 1.29 is 19.6 Å². The standard InChI is InChI=1S/C29H33N5O5/c1-28(2,3)19-29(4,5)21-11-14-26(24(16-21)34(37)38)39-18-27(36)33-30-17-20-15-23(12-13-25(20)35)32-31-22-9-7-6-8-10-22/h6-17,35H,18-19H2,1-5H3,(H,33,36). The molecule has 10 nitrogen and oxygen atoms in total. The lowest BCUT2D eigenvalue weighted by Crippen LogP contribution is -2.26. The monoisotopic (exact) mass is 531 g/mol. The van der Waals surface area contributed by atoms with Gasteiger partial charge in [0.1, 0.15) is 5.75 Å². The van der Waals surface area contributed by atoms with Crippen molar-refractivity contribution in [2.75, 3.05) is 6.61 Å². The van der Waals surface area contributed by atoms with E-state index in [-0.39, 0.29) is 28.0 Å². The fourth-order valence-corrected chi connectivity index (χ4v) is 4.30. The van der Waals surface area contributed by atoms with Crippen molar-refractivity contribution in [1.29, 1.82) is 0 Å². The van der Waals surface area contributed by atoms with Gasteiger partial charge in [-0.3, -0.25) is 14.9 Å². The summed E-state index contributed by atoms with van der Waals surface area (Å²) in [4.78, 5) is 23.5. The molecule has 2 N–H and O–H groups in total. The van der Waals surface area contributed by atoms with Gasteiger partial charge in [0, 0.05) is 11.6 Å². The molecule has 3 aromatic carbocycles. The molecule has 1 amide bonds. The minimum Gasteiger partial charge on any atom is -0.507 e. The van der Waals surface area contributed by atoms with Crippen molar-refractivity contribution in [2.45, 2.75) is 46.5 Å². The average Bonchev–Trinajstić information content (AvgIpc) is 2.86. The van der Waals surface area contributed by atoms with E-state index in [9.17, 15) is 20.0 Å². The Morgan fingerprint density at radius 1 is 1.00 bits per heavy atom. The van der Waals surface area contributed by atoms with E-state index in [2.05, 4.69) is 41.5 Å². The fourth-order valence-electron chi connectivity index (χ4n) is 4.30. The molecule has 3 rings (SSSR count). The molecule has 0 radical (unpaired) electrons. The van der Waals surface area contributed by atoms with E-state index in [1.165, 1.54) is 24.4 Å². The van der Waals surface area contributed by atoms with E-state index in [4.69, 9.17) is 4.74 Å². The van der Waals surface area contributed by atoms with Gasteiger partial charge in [-0.1, -0.05) is 58.9 Å². The molecule has 0 aliphatic carbocycles. The number of hydrazone groups is 1. The Labute approximate surface area is 227 Å². The number of nitro benzene ring substituents is 1. The number of amides is 1. The second kappa shape index (κ2) is 12.3. The number of hydrogen-bond acceptors (Lipinski definition) is 8. The summed E-state index contributed by atoms with van der Waals surface area (Å²) < 4.78 is 5.44. The van der Waals surface area contributed by atoms with Crippen LogP contribution in [-0.4, -0.2) is 28.8 Å². The molecule has 0 spiro atoms. The first-order chi connectivity index (χ1) is 18.3. The van der Waals surface area contributed by atoms with Crippen LogP contribution in [-0.2, 0) is 10.2 Å². The van der Waals surface area contributed by atoms with Gasteiger partial charge in [-0.2, -0.15) is 15.3 Å². The van der Waals surface area contributed by atoms with Crippen LogP contribution >= 0.6 is 0 Å². The Morgan fingerprint density at radius 2 is 1.69 bits per heavy atom. The maximum Gasteiger partial charge on any atom is 0.311 e. The second-order valence-corrected chi connectivity index (χ2v) is 10.9. The van der Waals surface area contributed by atoms with Gasteiger partial charge in [-0.15, -0.1) is 0 Å². The minimum absolute atomic E-state index is 0.0106. The lowest BCUT2D eigenvalue weighted by atomic mass is 9.72. The number of carbonyl (C=O) groups excluding carboxylic acids is 1. The molecular weight excluding hydrogens is 498 g/mol. The fraction of sp³-hybridized carbons (Fsp3) is 0.310. The molecule has 0 saturated heterocycles. The normalized spacial score (nSPS) is 12.1. The Bertz CT molecular complexity index is 1380. The molecule has 0 bridgehead atoms. The van der Waals surface area contributed by atoms with Crippen LogP contribution in [0.3, 0.4) is 0 Å². The molecule has 0 heterocycles. The zero-order valence-corrected chi connectivity index (χ0v) is 22.7. The first-order valence-corrected chi connectivity index (χ1v) is 12.4. The summed E-state index contributed by atoms with van der Waals surface area (Å²) in [5.41, 5.74) is 4.11. The van der Waals surface area contributed by atoms with Crippen molar-refractivity contribution in [3.8, 4) is 11.5 Å². The van der Waals surface area contributed by atoms with Gasteiger partial charge < -0.3 is 9.84 Å². The van der Waals surface area contributed by atoms with Gasteiger partial charge in [0.2, 0.25) is 0 Å². The highest BCUT2D eigenvalue weighted by Gasteiger charge is 2.30. The SMILES string of the molecule is CC(C)(C)CC(C)(C)c1ccc(OCC(=O)NN=Cc2cc(N=Nc3ccccc3)ccc2O)c([N+](=O)[O-])c1. The number of benzene rings is 3. The number of azo groups is 1. The number of nitrogens with one attached hydrogen (secondary N) is 1. The summed E-state index contributed by atoms with van der Waals surface area (Å²) in [7, 11) is 0. The molecule has 3 aromatic rings. The lowest BCUT2D eigenvalue weighted by molar-refractivity contribution is -0.385. The quantitative estimate of drug-likeness (QED) is 0.126. The van der Waals surface area contributed by atoms with Crippen LogP contribution in [0.25, 0.3) is 0 Å². The van der Waals surface area contributed by atoms with Gasteiger partial charge in [0.25, 0.3) is 5.91 Å². The molecule has 0 fully saturated rings. The second-order valence-electron chi connectivity index (χ2n) is 10.9. The predicted molar refractivity (Wildman–Crippen MR) is 150 cm³/mol. The largest absolute Gasteiger partial charge is 0.507 e. The molecule has 0 saturated carbocycles. The highest BCUT2D eigenvalue weighted by Crippen LogP contribution is 2.39. The van der Waals surface area contributed by atoms with E-state index in [0.717, 1.165) is 12.0 Å². The number of carbonyl (C=O) groups is 1. The van der Waals surface area contributed by atoms with Crippen LogP contribution in [0.15, 0.2) is 82.1 Å². The summed E-state index contributed by atoms with van der Waals surface area (Å²) in [5.74, 6) is -0.700. The number of ether oxygens (including phenoxy) is 1. The van der Waals surface area contributed by atoms with Crippen molar-refractivity contribution in [3.63, 3.8) is 0 Å². The van der Waals surface area contributed by atoms with E-state index >= 15 is 0 Å². The van der Waals surface area contributed by atoms with Gasteiger partial charge in [-0.25, -0.2) is 5.43 Å². The summed E-state index contributed by atoms with van der Waals surface area (Å²) >= 11 is 0. The zero-order valence-electron chi connectivity index (χ0n) is 22.7. The molecule has 39 heavy (non-hydrogen) atoms. The maximum absolute atomic E-state index is 12.3. The van der Waals surface area contributed by atoms with E-state index < -0.39 is 17.4 Å². The zero-order chi connectivity index (χ0) is 28.6. The number of phenolic OH excluding ortho intramolecular Hbond substituents is 1. The van der Waals surface area contributed by atoms with Gasteiger partial charge >= 0.3 is 5.69 Å². The van der Waals surface area contributed by atoms with Crippen molar-refractivity contribution in [1.82, 2.24) is 5.43 Å². The van der Waals surface area contributed by atoms with Gasteiger partial charge in [0.15, 0.2) is 12.4 Å². The number of aromatic hydroxyl groups is 1. The highest BCUT2D eigenvalue weighted by molar-refractivity contribution is 5.86. The molecule has 0 unspecified atom stereocenters. The van der Waals surface area contributed by atoms with Crippen LogP contribution in [0.4, 0.5) is 17.1 Å². The molecule has 0 aromatic heterocycles. The van der Waals surface area contributed by atoms with E-state index in [1.54, 1.807) is 30.3 Å². The predicted octanol–water partition coefficient (Wildman–Crippen LogP) is 6.96. The van der Waals surface area contributed by atoms with Crippen LogP contribution in [0, 0.1) is 15.5 Å². The number of phenols is 1. The van der Waals surface area contributed by atoms with Crippen molar-refractivity contribution in [2.24, 2.45) is 20.7 Å². The molecule has 0 aliphatic heterocycles. The lowest BCUT2D eigenvalue weighted by Gasteiger charge is -2.33. The Hall–Kier alpha value is -4.60. The van der Waals surface area contributed by atoms with E-state index in [0.29, 0.717) is 16.9 Å². The smallest absolute Gasteiger partial charge is 0.311 e. The molecule has 10 heteroatoms. The van der Waals surface area contributed by atoms with Crippen molar-refractivity contribution in [3.05, 3.63) is 88.0 Å². The minimum atomic E-state index is -0.628. The first-order valence-electron chi connectivity index (χ1n) is 12.4. The molecule has 204 valence electrons. The average molecular weight is 532 g/mol. The van der Waals surface area contributed by atoms with Gasteiger partial charge in [0.05, 0.1) is 22.5 Å². The third-order valence-electron chi connectivity index (χ3n) is 5.71. The molecular formula is C29H33N5O5.